The number of hydrogen-bond acceptors (Lipinski definition) is 9. The Morgan fingerprint density at radius 2 is 1.68 bits per heavy atom. The minimum absolute atomic E-state index is 0.0344. The highest BCUT2D eigenvalue weighted by Gasteiger charge is 2.48. The zero-order valence-electron chi connectivity index (χ0n) is 22.4. The van der Waals surface area contributed by atoms with Crippen molar-refractivity contribution in [1.82, 2.24) is 16.0 Å². The number of allylic oxidation sites excluding steroid dienone is 2. The number of nitrogens with one attached hydrogen (secondary N) is 6. The van der Waals surface area contributed by atoms with Crippen LogP contribution in [0.2, 0.25) is 0 Å². The van der Waals surface area contributed by atoms with E-state index in [0.29, 0.717) is 0 Å². The van der Waals surface area contributed by atoms with Crippen LogP contribution in [0, 0.1) is 34.0 Å². The van der Waals surface area contributed by atoms with Gasteiger partial charge < -0.3 is 30.2 Å². The number of methoxy groups -OCH3 is 2. The molecule has 2 saturated carbocycles. The van der Waals surface area contributed by atoms with E-state index < -0.39 is 41.3 Å². The molecule has 2 rings (SSSR count). The van der Waals surface area contributed by atoms with Crippen molar-refractivity contribution in [3.8, 4) is 0 Å². The third-order valence-electron chi connectivity index (χ3n) is 6.05. The van der Waals surface area contributed by atoms with Crippen LogP contribution >= 0.6 is 11.6 Å². The molecule has 0 heterocycles. The summed E-state index contributed by atoms with van der Waals surface area (Å²) >= 11 is 5.68. The molecule has 0 spiro atoms. The maximum Gasteiger partial charge on any atom is 0.408 e. The quantitative estimate of drug-likeness (QED) is 0.141. The fourth-order valence-electron chi connectivity index (χ4n) is 4.18. The molecule has 2 unspecified atom stereocenters. The second-order valence-corrected chi connectivity index (χ2v) is 10.8. The lowest BCUT2D eigenvalue weighted by Gasteiger charge is -2.29. The number of carbonyl (C=O) groups is 2. The van der Waals surface area contributed by atoms with Crippen LogP contribution < -0.4 is 16.0 Å². The Balaban J connectivity index is 2.29. The number of rotatable bonds is 14. The first-order valence-corrected chi connectivity index (χ1v) is 12.7. The van der Waals surface area contributed by atoms with Gasteiger partial charge in [0.05, 0.1) is 19.8 Å². The SMILES string of the molecule is COCC(N/C=C(/NC(=O)C(NC(=O)OC(C)(C)C)C(C1CC1)C1CC1)C(=N)F)/C(=C/C(=N)Cl)C(=N)OC. The number of hydrogen-bond donors (Lipinski definition) is 6. The first-order valence-electron chi connectivity index (χ1n) is 12.4. The standard InChI is InChI=1S/C25H38ClFN6O5/c1-25(2,3)38-24(35)33-20(19(13-6-7-13)14-8-9-14)23(34)32-16(21(27)29)11-31-17(12-36-4)15(10-18(26)28)22(30)37-5/h10-11,13-14,17,19-20,28-31H,6-9,12H2,1-5H3,(H,32,34)(H,33,35)/b15-10-,16-11+,28-18?,29-21?,30-22?. The van der Waals surface area contributed by atoms with E-state index in [9.17, 15) is 14.0 Å². The maximum atomic E-state index is 14.3. The molecule has 11 nitrogen and oxygen atoms in total. The van der Waals surface area contributed by atoms with Crippen LogP contribution in [-0.2, 0) is 19.0 Å². The molecule has 0 aromatic heterocycles. The van der Waals surface area contributed by atoms with Gasteiger partial charge in [0, 0.05) is 18.9 Å². The van der Waals surface area contributed by atoms with Crippen molar-refractivity contribution < 1.29 is 28.2 Å². The van der Waals surface area contributed by atoms with Crippen LogP contribution in [0.4, 0.5) is 9.18 Å². The van der Waals surface area contributed by atoms with E-state index in [1.54, 1.807) is 20.8 Å². The first-order chi connectivity index (χ1) is 17.8. The highest BCUT2D eigenvalue weighted by molar-refractivity contribution is 6.67. The van der Waals surface area contributed by atoms with Gasteiger partial charge in [-0.15, -0.1) is 0 Å². The van der Waals surface area contributed by atoms with Crippen LogP contribution in [-0.4, -0.2) is 67.5 Å². The van der Waals surface area contributed by atoms with Crippen molar-refractivity contribution in [2.45, 2.75) is 64.1 Å². The number of alkyl carbamates (subject to hydrolysis) is 1. The zero-order valence-corrected chi connectivity index (χ0v) is 23.1. The van der Waals surface area contributed by atoms with Gasteiger partial charge in [-0.3, -0.25) is 21.0 Å². The summed E-state index contributed by atoms with van der Waals surface area (Å²) in [5, 5.41) is 30.6. The predicted molar refractivity (Wildman–Crippen MR) is 142 cm³/mol. The average molecular weight is 557 g/mol. The van der Waals surface area contributed by atoms with Crippen molar-refractivity contribution in [3.05, 3.63) is 23.5 Å². The van der Waals surface area contributed by atoms with Crippen molar-refractivity contribution in [3.63, 3.8) is 0 Å². The normalized spacial score (nSPS) is 17.8. The Morgan fingerprint density at radius 3 is 2.11 bits per heavy atom. The zero-order chi connectivity index (χ0) is 28.6. The Morgan fingerprint density at radius 1 is 1.11 bits per heavy atom. The van der Waals surface area contributed by atoms with E-state index in [0.717, 1.165) is 31.9 Å². The van der Waals surface area contributed by atoms with Crippen LogP contribution in [0.15, 0.2) is 23.5 Å². The lowest BCUT2D eigenvalue weighted by molar-refractivity contribution is -0.124. The third kappa shape index (κ3) is 10.1. The predicted octanol–water partition coefficient (Wildman–Crippen LogP) is 3.59. The van der Waals surface area contributed by atoms with Crippen molar-refractivity contribution >= 4 is 40.6 Å². The van der Waals surface area contributed by atoms with Crippen molar-refractivity contribution in [1.29, 1.82) is 16.2 Å². The second kappa shape index (κ2) is 13.7. The molecule has 2 atom stereocenters. The van der Waals surface area contributed by atoms with Crippen molar-refractivity contribution in [2.24, 2.45) is 17.8 Å². The van der Waals surface area contributed by atoms with Gasteiger partial charge in [-0.1, -0.05) is 11.6 Å². The summed E-state index contributed by atoms with van der Waals surface area (Å²) in [6, 6.07) is -1.81. The molecule has 38 heavy (non-hydrogen) atoms. The van der Waals surface area contributed by atoms with Crippen molar-refractivity contribution in [2.75, 3.05) is 20.8 Å². The number of ether oxygens (including phenoxy) is 3. The molecule has 2 amide bonds. The monoisotopic (exact) mass is 556 g/mol. The van der Waals surface area contributed by atoms with E-state index in [1.807, 2.05) is 0 Å². The topological polar surface area (TPSA) is 169 Å². The Bertz CT molecular complexity index is 975. The minimum Gasteiger partial charge on any atom is -0.481 e. The summed E-state index contributed by atoms with van der Waals surface area (Å²) in [7, 11) is 2.67. The fraction of sp³-hybridized carbons (Fsp3) is 0.640. The molecule has 212 valence electrons. The molecule has 0 radical (unpaired) electrons. The molecule has 6 N–H and O–H groups in total. The van der Waals surface area contributed by atoms with Gasteiger partial charge in [0.15, 0.2) is 0 Å². The van der Waals surface area contributed by atoms with Gasteiger partial charge >= 0.3 is 6.09 Å². The molecular weight excluding hydrogens is 519 g/mol. The first kappa shape index (κ1) is 31.2. The Kier molecular flexibility index (Phi) is 11.3. The highest BCUT2D eigenvalue weighted by Crippen LogP contribution is 2.50. The third-order valence-corrected chi connectivity index (χ3v) is 6.16. The molecule has 13 heteroatoms. The largest absolute Gasteiger partial charge is 0.481 e. The molecule has 0 aromatic carbocycles. The summed E-state index contributed by atoms with van der Waals surface area (Å²) in [5.41, 5.74) is -1.12. The van der Waals surface area contributed by atoms with Gasteiger partial charge in [0.25, 0.3) is 0 Å². The smallest absolute Gasteiger partial charge is 0.408 e. The summed E-state index contributed by atoms with van der Waals surface area (Å²) in [6.45, 7) is 5.11. The lowest BCUT2D eigenvalue weighted by atomic mass is 9.88. The van der Waals surface area contributed by atoms with Crippen LogP contribution in [0.5, 0.6) is 0 Å². The summed E-state index contributed by atoms with van der Waals surface area (Å²) in [5.74, 6) is -1.98. The Hall–Kier alpha value is -2.99. The summed E-state index contributed by atoms with van der Waals surface area (Å²) < 4.78 is 29.7. The average Bonchev–Trinajstić information content (AvgIpc) is 3.72. The lowest BCUT2D eigenvalue weighted by Crippen LogP contribution is -2.53. The molecule has 2 aliphatic rings. The maximum absolute atomic E-state index is 14.3. The summed E-state index contributed by atoms with van der Waals surface area (Å²) in [4.78, 5) is 26.0. The van der Waals surface area contributed by atoms with E-state index >= 15 is 0 Å². The minimum atomic E-state index is -1.43. The van der Waals surface area contributed by atoms with Gasteiger partial charge in [0.1, 0.15) is 22.5 Å². The molecule has 0 aliphatic heterocycles. The molecule has 0 aromatic rings. The molecule has 2 aliphatic carbocycles. The second-order valence-electron chi connectivity index (χ2n) is 10.4. The number of carbonyl (C=O) groups excluding carboxylic acids is 2. The van der Waals surface area contributed by atoms with Gasteiger partial charge in [-0.25, -0.2) is 4.79 Å². The van der Waals surface area contributed by atoms with Gasteiger partial charge in [-0.05, 0) is 70.3 Å². The highest BCUT2D eigenvalue weighted by atomic mass is 35.5. The van der Waals surface area contributed by atoms with E-state index in [4.69, 9.17) is 42.0 Å². The molecule has 2 fully saturated rings. The molecule has 0 saturated heterocycles. The van der Waals surface area contributed by atoms with Gasteiger partial charge in [0.2, 0.25) is 17.8 Å². The Labute approximate surface area is 227 Å². The molecule has 0 bridgehead atoms. The van der Waals surface area contributed by atoms with E-state index in [1.165, 1.54) is 20.3 Å². The van der Waals surface area contributed by atoms with Gasteiger partial charge in [-0.2, -0.15) is 4.39 Å². The van der Waals surface area contributed by atoms with Crippen LogP contribution in [0.1, 0.15) is 46.5 Å². The number of halogens is 2. The van der Waals surface area contributed by atoms with E-state index in [2.05, 4.69) is 16.0 Å². The molecular formula is C25H38ClFN6O5. The van der Waals surface area contributed by atoms with Crippen LogP contribution in [0.3, 0.4) is 0 Å². The number of amides is 2. The fourth-order valence-corrected chi connectivity index (χ4v) is 4.30. The van der Waals surface area contributed by atoms with Crippen LogP contribution in [0.25, 0.3) is 0 Å². The summed E-state index contributed by atoms with van der Waals surface area (Å²) in [6.07, 6.45) is 5.26. The van der Waals surface area contributed by atoms with E-state index in [-0.39, 0.29) is 41.0 Å².